The van der Waals surface area contributed by atoms with Crippen molar-refractivity contribution in [3.8, 4) is 0 Å². The molecule has 0 radical (unpaired) electrons. The van der Waals surface area contributed by atoms with E-state index in [2.05, 4.69) is 32.9 Å². The van der Waals surface area contributed by atoms with E-state index < -0.39 is 18.3 Å². The van der Waals surface area contributed by atoms with Crippen molar-refractivity contribution in [2.75, 3.05) is 0 Å². The summed E-state index contributed by atoms with van der Waals surface area (Å²) in [4.78, 5) is 0. The van der Waals surface area contributed by atoms with E-state index in [9.17, 15) is 15.3 Å². The molecule has 23 heavy (non-hydrogen) atoms. The molecule has 3 N–H and O–H groups in total. The van der Waals surface area contributed by atoms with Gasteiger partial charge in [-0.2, -0.15) is 0 Å². The highest BCUT2D eigenvalue weighted by Gasteiger charge is 2.55. The fourth-order valence-corrected chi connectivity index (χ4v) is 3.78. The molecule has 2 aliphatic rings. The van der Waals surface area contributed by atoms with Crippen molar-refractivity contribution in [2.24, 2.45) is 17.3 Å². The molecule has 0 spiro atoms. The molecule has 2 rings (SSSR count). The summed E-state index contributed by atoms with van der Waals surface area (Å²) in [7, 11) is 0. The predicted molar refractivity (Wildman–Crippen MR) is 93.9 cm³/mol. The van der Waals surface area contributed by atoms with Gasteiger partial charge in [-0.3, -0.25) is 0 Å². The molecule has 0 aliphatic heterocycles. The molecule has 0 aromatic rings. The quantitative estimate of drug-likeness (QED) is 0.600. The Balaban J connectivity index is 2.28. The molecule has 0 amide bonds. The molecule has 3 nitrogen and oxygen atoms in total. The van der Waals surface area contributed by atoms with Gasteiger partial charge in [0, 0.05) is 0 Å². The lowest BCUT2D eigenvalue weighted by Gasteiger charge is -2.18. The summed E-state index contributed by atoms with van der Waals surface area (Å²) >= 11 is 0. The third kappa shape index (κ3) is 4.14. The van der Waals surface area contributed by atoms with Crippen LogP contribution >= 0.6 is 0 Å². The van der Waals surface area contributed by atoms with Crippen molar-refractivity contribution < 1.29 is 15.3 Å². The molecular weight excluding hydrogens is 288 g/mol. The second-order valence-corrected chi connectivity index (χ2v) is 8.05. The standard InChI is InChI=1S/C20H32O3/c1-12-6-8-15-16(20(15,4)5)10-14(3)19(23)18(22)11-13(2)17(21)9-7-12/h7,10-11,15-19,21-23H,6,8-9H2,1-5H3/b12-7+,13-11+,14-10+. The van der Waals surface area contributed by atoms with Crippen molar-refractivity contribution in [1.82, 2.24) is 0 Å². The summed E-state index contributed by atoms with van der Waals surface area (Å²) in [5, 5.41) is 30.8. The van der Waals surface area contributed by atoms with Gasteiger partial charge in [0.1, 0.15) is 12.2 Å². The van der Waals surface area contributed by atoms with E-state index in [-0.39, 0.29) is 5.41 Å². The van der Waals surface area contributed by atoms with Crippen LogP contribution in [0.3, 0.4) is 0 Å². The highest BCUT2D eigenvalue weighted by atomic mass is 16.3. The molecule has 0 heterocycles. The maximum Gasteiger partial charge on any atom is 0.104 e. The molecule has 2 aliphatic carbocycles. The summed E-state index contributed by atoms with van der Waals surface area (Å²) in [6.45, 7) is 10.4. The zero-order valence-electron chi connectivity index (χ0n) is 15.1. The van der Waals surface area contributed by atoms with Gasteiger partial charge in [0.15, 0.2) is 0 Å². The second-order valence-electron chi connectivity index (χ2n) is 8.05. The zero-order chi connectivity index (χ0) is 17.4. The van der Waals surface area contributed by atoms with Gasteiger partial charge in [-0.05, 0) is 68.4 Å². The van der Waals surface area contributed by atoms with E-state index >= 15 is 0 Å². The van der Waals surface area contributed by atoms with Crippen molar-refractivity contribution >= 4 is 0 Å². The fraction of sp³-hybridized carbons (Fsp3) is 0.700. The first kappa shape index (κ1) is 18.4. The highest BCUT2D eigenvalue weighted by molar-refractivity contribution is 5.23. The van der Waals surface area contributed by atoms with Crippen LogP contribution in [0.4, 0.5) is 0 Å². The van der Waals surface area contributed by atoms with E-state index in [0.717, 1.165) is 18.4 Å². The number of aliphatic hydroxyl groups excluding tert-OH is 3. The summed E-state index contributed by atoms with van der Waals surface area (Å²) in [5.74, 6) is 1.09. The number of aliphatic hydroxyl groups is 3. The summed E-state index contributed by atoms with van der Waals surface area (Å²) in [6, 6.07) is 0. The lowest BCUT2D eigenvalue weighted by atomic mass is 9.97. The van der Waals surface area contributed by atoms with E-state index in [0.29, 0.717) is 23.8 Å². The van der Waals surface area contributed by atoms with Crippen molar-refractivity contribution in [1.29, 1.82) is 0 Å². The van der Waals surface area contributed by atoms with Crippen LogP contribution in [0.2, 0.25) is 0 Å². The third-order valence-corrected chi connectivity index (χ3v) is 5.87. The van der Waals surface area contributed by atoms with Crippen LogP contribution in [-0.2, 0) is 0 Å². The normalized spacial score (nSPS) is 45.4. The molecule has 0 saturated heterocycles. The minimum Gasteiger partial charge on any atom is -0.388 e. The van der Waals surface area contributed by atoms with Gasteiger partial charge in [0.25, 0.3) is 0 Å². The molecule has 5 unspecified atom stereocenters. The molecule has 0 aromatic carbocycles. The Morgan fingerprint density at radius 3 is 2.30 bits per heavy atom. The molecular formula is C20H32O3. The van der Waals surface area contributed by atoms with E-state index in [1.54, 1.807) is 13.0 Å². The van der Waals surface area contributed by atoms with Gasteiger partial charge in [0.2, 0.25) is 0 Å². The van der Waals surface area contributed by atoms with Gasteiger partial charge in [-0.25, -0.2) is 0 Å². The van der Waals surface area contributed by atoms with Gasteiger partial charge in [0.05, 0.1) is 6.10 Å². The Kier molecular flexibility index (Phi) is 5.55. The van der Waals surface area contributed by atoms with Crippen LogP contribution in [0, 0.1) is 17.3 Å². The van der Waals surface area contributed by atoms with E-state index in [4.69, 9.17) is 0 Å². The van der Waals surface area contributed by atoms with Gasteiger partial charge >= 0.3 is 0 Å². The molecule has 1 saturated carbocycles. The molecule has 3 heteroatoms. The zero-order valence-corrected chi connectivity index (χ0v) is 15.1. The third-order valence-electron chi connectivity index (χ3n) is 5.87. The summed E-state index contributed by atoms with van der Waals surface area (Å²) in [5.41, 5.74) is 3.10. The van der Waals surface area contributed by atoms with Gasteiger partial charge < -0.3 is 15.3 Å². The minimum absolute atomic E-state index is 0.262. The average molecular weight is 320 g/mol. The molecule has 1 fully saturated rings. The SMILES string of the molecule is C/C1=C\CC(O)/C(C)=C/C(O)C(O)/C(C)=C/C2C(CC1)C2(C)C. The van der Waals surface area contributed by atoms with Gasteiger partial charge in [-0.15, -0.1) is 0 Å². The number of rotatable bonds is 0. The summed E-state index contributed by atoms with van der Waals surface area (Å²) in [6.07, 6.45) is 6.07. The topological polar surface area (TPSA) is 60.7 Å². The predicted octanol–water partition coefficient (Wildman–Crippen LogP) is 3.36. The Morgan fingerprint density at radius 1 is 1.00 bits per heavy atom. The van der Waals surface area contributed by atoms with Crippen LogP contribution < -0.4 is 0 Å². The van der Waals surface area contributed by atoms with Gasteiger partial charge in [-0.1, -0.05) is 37.6 Å². The number of hydrogen-bond acceptors (Lipinski definition) is 3. The molecule has 5 atom stereocenters. The van der Waals surface area contributed by atoms with Crippen molar-refractivity contribution in [3.63, 3.8) is 0 Å². The first-order chi connectivity index (χ1) is 10.6. The van der Waals surface area contributed by atoms with Crippen LogP contribution in [0.15, 0.2) is 34.9 Å². The summed E-state index contributed by atoms with van der Waals surface area (Å²) < 4.78 is 0. The lowest BCUT2D eigenvalue weighted by Crippen LogP contribution is -2.26. The first-order valence-electron chi connectivity index (χ1n) is 8.71. The van der Waals surface area contributed by atoms with Crippen molar-refractivity contribution in [3.05, 3.63) is 34.9 Å². The monoisotopic (exact) mass is 320 g/mol. The Morgan fingerprint density at radius 2 is 1.65 bits per heavy atom. The Bertz CT molecular complexity index is 527. The smallest absolute Gasteiger partial charge is 0.104 e. The molecule has 130 valence electrons. The van der Waals surface area contributed by atoms with Crippen molar-refractivity contribution in [2.45, 2.75) is 72.2 Å². The number of hydrogen-bond donors (Lipinski definition) is 3. The lowest BCUT2D eigenvalue weighted by molar-refractivity contribution is 0.0711. The van der Waals surface area contributed by atoms with Crippen LogP contribution in [0.5, 0.6) is 0 Å². The largest absolute Gasteiger partial charge is 0.388 e. The highest BCUT2D eigenvalue weighted by Crippen LogP contribution is 2.61. The molecule has 0 aromatic heterocycles. The first-order valence-corrected chi connectivity index (χ1v) is 8.71. The van der Waals surface area contributed by atoms with Crippen LogP contribution in [-0.4, -0.2) is 33.6 Å². The number of allylic oxidation sites excluding steroid dienone is 2. The second kappa shape index (κ2) is 6.92. The molecule has 0 bridgehead atoms. The maximum absolute atomic E-state index is 10.4. The maximum atomic E-state index is 10.4. The Hall–Kier alpha value is -0.900. The number of fused-ring (bicyclic) bond motifs is 1. The van der Waals surface area contributed by atoms with Crippen LogP contribution in [0.25, 0.3) is 0 Å². The average Bonchev–Trinajstić information content (AvgIpc) is 3.00. The fourth-order valence-electron chi connectivity index (χ4n) is 3.78. The van der Waals surface area contributed by atoms with E-state index in [1.165, 1.54) is 5.57 Å². The Labute approximate surface area is 140 Å². The van der Waals surface area contributed by atoms with E-state index in [1.807, 2.05) is 6.92 Å². The van der Waals surface area contributed by atoms with Crippen LogP contribution in [0.1, 0.15) is 53.9 Å². The minimum atomic E-state index is -0.978.